The van der Waals surface area contributed by atoms with Gasteiger partial charge in [-0.3, -0.25) is 4.79 Å². The Morgan fingerprint density at radius 2 is 2.09 bits per heavy atom. The maximum absolute atomic E-state index is 12.9. The van der Waals surface area contributed by atoms with Crippen molar-refractivity contribution < 1.29 is 19.4 Å². The molecule has 0 saturated carbocycles. The Morgan fingerprint density at radius 3 is 2.65 bits per heavy atom. The second kappa shape index (κ2) is 7.79. The van der Waals surface area contributed by atoms with Gasteiger partial charge >= 0.3 is 5.97 Å². The van der Waals surface area contributed by atoms with Crippen LogP contribution in [0.2, 0.25) is 5.02 Å². The lowest BCUT2D eigenvalue weighted by Crippen LogP contribution is -2.52. The van der Waals surface area contributed by atoms with Crippen molar-refractivity contribution in [2.75, 3.05) is 13.2 Å². The quantitative estimate of drug-likeness (QED) is 0.835. The van der Waals surface area contributed by atoms with E-state index in [0.717, 1.165) is 5.56 Å². The Hall–Kier alpha value is -1.59. The first-order chi connectivity index (χ1) is 11.0. The molecule has 1 fully saturated rings. The summed E-state index contributed by atoms with van der Waals surface area (Å²) in [6.45, 7) is 2.82. The average molecular weight is 340 g/mol. The number of carboxylic acids is 1. The van der Waals surface area contributed by atoms with E-state index in [1.165, 1.54) is 0 Å². The molecule has 126 valence electrons. The van der Waals surface area contributed by atoms with E-state index in [2.05, 4.69) is 5.32 Å². The van der Waals surface area contributed by atoms with Crippen LogP contribution in [0.3, 0.4) is 0 Å². The molecule has 0 spiro atoms. The summed E-state index contributed by atoms with van der Waals surface area (Å²) in [5.74, 6) is -1.27. The molecule has 1 amide bonds. The lowest BCUT2D eigenvalue weighted by atomic mass is 9.73. The second-order valence-corrected chi connectivity index (χ2v) is 6.29. The summed E-state index contributed by atoms with van der Waals surface area (Å²) in [7, 11) is 0. The van der Waals surface area contributed by atoms with Gasteiger partial charge in [0.15, 0.2) is 0 Å². The number of rotatable bonds is 6. The molecule has 0 aliphatic carbocycles. The number of hydrogen-bond acceptors (Lipinski definition) is 3. The zero-order chi connectivity index (χ0) is 16.9. The lowest BCUT2D eigenvalue weighted by Gasteiger charge is -2.37. The van der Waals surface area contributed by atoms with Crippen LogP contribution in [0.1, 0.15) is 38.2 Å². The topological polar surface area (TPSA) is 75.6 Å². The van der Waals surface area contributed by atoms with Gasteiger partial charge in [0.25, 0.3) is 0 Å². The monoisotopic (exact) mass is 339 g/mol. The third kappa shape index (κ3) is 4.03. The second-order valence-electron chi connectivity index (χ2n) is 5.86. The highest BCUT2D eigenvalue weighted by molar-refractivity contribution is 6.30. The molecule has 0 bridgehead atoms. The van der Waals surface area contributed by atoms with Gasteiger partial charge in [-0.15, -0.1) is 0 Å². The van der Waals surface area contributed by atoms with E-state index < -0.39 is 17.4 Å². The van der Waals surface area contributed by atoms with Gasteiger partial charge in [-0.25, -0.2) is 4.79 Å². The summed E-state index contributed by atoms with van der Waals surface area (Å²) in [5, 5.41) is 12.6. The molecule has 1 atom stereocenters. The fourth-order valence-electron chi connectivity index (χ4n) is 3.00. The molecular weight excluding hydrogens is 318 g/mol. The number of aliphatic carboxylic acids is 1. The molecule has 2 rings (SSSR count). The Morgan fingerprint density at radius 1 is 1.39 bits per heavy atom. The number of hydrogen-bond donors (Lipinski definition) is 2. The molecule has 1 saturated heterocycles. The summed E-state index contributed by atoms with van der Waals surface area (Å²) in [4.78, 5) is 24.3. The van der Waals surface area contributed by atoms with Crippen molar-refractivity contribution in [2.45, 2.75) is 44.1 Å². The molecule has 6 heteroatoms. The number of carboxylic acid groups (broad SMARTS) is 1. The van der Waals surface area contributed by atoms with Crippen LogP contribution in [-0.4, -0.2) is 36.2 Å². The van der Waals surface area contributed by atoms with Crippen LogP contribution in [-0.2, 0) is 19.7 Å². The van der Waals surface area contributed by atoms with E-state index in [4.69, 9.17) is 16.3 Å². The SMILES string of the molecule is CCC[C@@H](NC(=O)C1(c2cccc(Cl)c2)CCOCC1)C(=O)O. The number of ether oxygens (including phenoxy) is 1. The molecule has 0 unspecified atom stereocenters. The van der Waals surface area contributed by atoms with Crippen molar-refractivity contribution in [1.29, 1.82) is 0 Å². The van der Waals surface area contributed by atoms with E-state index in [1.54, 1.807) is 12.1 Å². The van der Waals surface area contributed by atoms with Crippen molar-refractivity contribution in [1.82, 2.24) is 5.32 Å². The standard InChI is InChI=1S/C17H22ClNO4/c1-2-4-14(15(20)21)19-16(22)17(7-9-23-10-8-17)12-5-3-6-13(18)11-12/h3,5-6,11,14H,2,4,7-10H2,1H3,(H,19,22)(H,20,21)/t14-/m1/s1. The number of nitrogens with one attached hydrogen (secondary N) is 1. The molecule has 1 aromatic carbocycles. The summed E-state index contributed by atoms with van der Waals surface area (Å²) >= 11 is 6.08. The van der Waals surface area contributed by atoms with Crippen molar-refractivity contribution in [3.8, 4) is 0 Å². The van der Waals surface area contributed by atoms with Gasteiger partial charge in [0, 0.05) is 18.2 Å². The molecule has 1 heterocycles. The predicted molar refractivity (Wildman–Crippen MR) is 87.7 cm³/mol. The minimum Gasteiger partial charge on any atom is -0.480 e. The van der Waals surface area contributed by atoms with Crippen molar-refractivity contribution in [2.24, 2.45) is 0 Å². The van der Waals surface area contributed by atoms with Gasteiger partial charge in [0.05, 0.1) is 5.41 Å². The number of carbonyl (C=O) groups excluding carboxylic acids is 1. The fraction of sp³-hybridized carbons (Fsp3) is 0.529. The first-order valence-corrected chi connectivity index (χ1v) is 8.25. The van der Waals surface area contributed by atoms with Gasteiger partial charge in [0.1, 0.15) is 6.04 Å². The largest absolute Gasteiger partial charge is 0.480 e. The molecule has 5 nitrogen and oxygen atoms in total. The fourth-order valence-corrected chi connectivity index (χ4v) is 3.19. The number of benzene rings is 1. The van der Waals surface area contributed by atoms with Crippen LogP contribution >= 0.6 is 11.6 Å². The van der Waals surface area contributed by atoms with Gasteiger partial charge in [-0.2, -0.15) is 0 Å². The first kappa shape index (κ1) is 17.8. The van der Waals surface area contributed by atoms with Gasteiger partial charge < -0.3 is 15.2 Å². The Labute approximate surface area is 141 Å². The Balaban J connectivity index is 2.30. The van der Waals surface area contributed by atoms with E-state index in [0.29, 0.717) is 43.9 Å². The van der Waals surface area contributed by atoms with Crippen LogP contribution in [0.25, 0.3) is 0 Å². The van der Waals surface area contributed by atoms with Gasteiger partial charge in [-0.05, 0) is 37.0 Å². The minimum atomic E-state index is -1.01. The van der Waals surface area contributed by atoms with E-state index in [-0.39, 0.29) is 5.91 Å². The number of halogens is 1. The van der Waals surface area contributed by atoms with Crippen LogP contribution in [0.5, 0.6) is 0 Å². The van der Waals surface area contributed by atoms with Crippen molar-refractivity contribution in [3.05, 3.63) is 34.9 Å². The summed E-state index contributed by atoms with van der Waals surface area (Å²) < 4.78 is 5.40. The summed E-state index contributed by atoms with van der Waals surface area (Å²) in [6, 6.07) is 6.34. The third-order valence-corrected chi connectivity index (χ3v) is 4.57. The summed E-state index contributed by atoms with van der Waals surface area (Å²) in [5.41, 5.74) is 0.0244. The van der Waals surface area contributed by atoms with Crippen LogP contribution in [0.15, 0.2) is 24.3 Å². The lowest BCUT2D eigenvalue weighted by molar-refractivity contribution is -0.144. The highest BCUT2D eigenvalue weighted by Gasteiger charge is 2.43. The average Bonchev–Trinajstić information content (AvgIpc) is 2.54. The zero-order valence-corrected chi connectivity index (χ0v) is 13.9. The van der Waals surface area contributed by atoms with Crippen molar-refractivity contribution in [3.63, 3.8) is 0 Å². The zero-order valence-electron chi connectivity index (χ0n) is 13.2. The van der Waals surface area contributed by atoms with Crippen LogP contribution in [0, 0.1) is 0 Å². The molecule has 1 aromatic rings. The highest BCUT2D eigenvalue weighted by Crippen LogP contribution is 2.36. The molecule has 1 aliphatic heterocycles. The number of amides is 1. The van der Waals surface area contributed by atoms with Crippen LogP contribution < -0.4 is 5.32 Å². The molecular formula is C17H22ClNO4. The maximum atomic E-state index is 12.9. The van der Waals surface area contributed by atoms with Gasteiger partial charge in [0.2, 0.25) is 5.91 Å². The van der Waals surface area contributed by atoms with Crippen LogP contribution in [0.4, 0.5) is 0 Å². The predicted octanol–water partition coefficient (Wildman–Crippen LogP) is 2.76. The van der Waals surface area contributed by atoms with E-state index in [1.807, 2.05) is 19.1 Å². The maximum Gasteiger partial charge on any atom is 0.326 e. The third-order valence-electron chi connectivity index (χ3n) is 4.34. The van der Waals surface area contributed by atoms with Gasteiger partial charge in [-0.1, -0.05) is 37.1 Å². The molecule has 2 N–H and O–H groups in total. The van der Waals surface area contributed by atoms with E-state index in [9.17, 15) is 14.7 Å². The normalized spacial score (nSPS) is 18.2. The first-order valence-electron chi connectivity index (χ1n) is 7.87. The highest BCUT2D eigenvalue weighted by atomic mass is 35.5. The number of carbonyl (C=O) groups is 2. The summed E-state index contributed by atoms with van der Waals surface area (Å²) in [6.07, 6.45) is 2.11. The molecule has 23 heavy (non-hydrogen) atoms. The minimum absolute atomic E-state index is 0.260. The van der Waals surface area contributed by atoms with E-state index >= 15 is 0 Å². The smallest absolute Gasteiger partial charge is 0.326 e. The molecule has 0 radical (unpaired) electrons. The Bertz CT molecular complexity index is 569. The molecule has 1 aliphatic rings. The van der Waals surface area contributed by atoms with Crippen molar-refractivity contribution >= 4 is 23.5 Å². The Kier molecular flexibility index (Phi) is 6.02. The molecule has 0 aromatic heterocycles.